The van der Waals surface area contributed by atoms with Crippen LogP contribution in [0.25, 0.3) is 0 Å². The van der Waals surface area contributed by atoms with Crippen molar-refractivity contribution in [3.05, 3.63) is 0 Å². The van der Waals surface area contributed by atoms with Crippen LogP contribution in [0.3, 0.4) is 0 Å². The Balaban J connectivity index is 4.54. The number of carbonyl (C=O) groups excluding carboxylic acids is 2. The highest BCUT2D eigenvalue weighted by molar-refractivity contribution is 5.78. The van der Waals surface area contributed by atoms with Gasteiger partial charge < -0.3 is 11.5 Å². The van der Waals surface area contributed by atoms with E-state index in [1.54, 1.807) is 0 Å². The second kappa shape index (κ2) is 6.06. The molecule has 0 fully saturated rings. The predicted molar refractivity (Wildman–Crippen MR) is 53.2 cm³/mol. The number of primary amides is 2. The summed E-state index contributed by atoms with van der Waals surface area (Å²) in [6.45, 7) is 4.58. The van der Waals surface area contributed by atoms with Crippen molar-refractivity contribution in [1.29, 1.82) is 0 Å². The first kappa shape index (κ1) is 12.5. The van der Waals surface area contributed by atoms with Crippen LogP contribution in [-0.4, -0.2) is 35.2 Å². The van der Waals surface area contributed by atoms with Gasteiger partial charge in [0.25, 0.3) is 0 Å². The zero-order chi connectivity index (χ0) is 11.1. The summed E-state index contributed by atoms with van der Waals surface area (Å²) < 4.78 is 0. The van der Waals surface area contributed by atoms with Gasteiger partial charge in [0.15, 0.2) is 0 Å². The molecule has 4 N–H and O–H groups in total. The Kier molecular flexibility index (Phi) is 5.43. The maximum Gasteiger partial charge on any atom is 0.333 e. The lowest BCUT2D eigenvalue weighted by Crippen LogP contribution is -2.54. The molecule has 0 bridgehead atoms. The topological polar surface area (TPSA) is 92.7 Å². The molecule has 0 atom stereocenters. The molecular weight excluding hydrogens is 184 g/mol. The van der Waals surface area contributed by atoms with Crippen molar-refractivity contribution in [3.63, 3.8) is 0 Å². The SMILES string of the molecule is CCCN(C(N)=O)N(CCC)C(N)=O. The van der Waals surface area contributed by atoms with Gasteiger partial charge in [-0.3, -0.25) is 0 Å². The van der Waals surface area contributed by atoms with Crippen molar-refractivity contribution in [1.82, 2.24) is 10.0 Å². The summed E-state index contributed by atoms with van der Waals surface area (Å²) >= 11 is 0. The number of hydrogen-bond donors (Lipinski definition) is 2. The Morgan fingerprint density at radius 2 is 1.21 bits per heavy atom. The molecule has 0 aliphatic rings. The Bertz CT molecular complexity index is 186. The van der Waals surface area contributed by atoms with Crippen molar-refractivity contribution < 1.29 is 9.59 Å². The minimum Gasteiger partial charge on any atom is -0.350 e. The Morgan fingerprint density at radius 3 is 1.36 bits per heavy atom. The lowest BCUT2D eigenvalue weighted by atomic mass is 10.4. The molecule has 0 spiro atoms. The van der Waals surface area contributed by atoms with Crippen molar-refractivity contribution in [2.75, 3.05) is 13.1 Å². The second-order valence-corrected chi connectivity index (χ2v) is 2.92. The summed E-state index contributed by atoms with van der Waals surface area (Å²) in [6, 6.07) is -1.31. The lowest BCUT2D eigenvalue weighted by molar-refractivity contribution is 0.0547. The van der Waals surface area contributed by atoms with Crippen molar-refractivity contribution in [3.8, 4) is 0 Å². The quantitative estimate of drug-likeness (QED) is 0.649. The zero-order valence-corrected chi connectivity index (χ0v) is 8.69. The van der Waals surface area contributed by atoms with E-state index in [4.69, 9.17) is 11.5 Å². The average molecular weight is 202 g/mol. The molecule has 4 amide bonds. The molecule has 82 valence electrons. The zero-order valence-electron chi connectivity index (χ0n) is 8.69. The number of rotatable bonds is 4. The number of amides is 4. The molecule has 0 aliphatic heterocycles. The molecule has 14 heavy (non-hydrogen) atoms. The highest BCUT2D eigenvalue weighted by atomic mass is 16.2. The van der Waals surface area contributed by atoms with Crippen LogP contribution in [0, 0.1) is 0 Å². The van der Waals surface area contributed by atoms with E-state index < -0.39 is 12.1 Å². The van der Waals surface area contributed by atoms with Crippen molar-refractivity contribution in [2.45, 2.75) is 26.7 Å². The van der Waals surface area contributed by atoms with Gasteiger partial charge in [-0.05, 0) is 12.8 Å². The summed E-state index contributed by atoms with van der Waals surface area (Å²) in [6.07, 6.45) is 1.44. The third-order valence-electron chi connectivity index (χ3n) is 1.67. The van der Waals surface area contributed by atoms with Crippen LogP contribution >= 0.6 is 0 Å². The van der Waals surface area contributed by atoms with Crippen LogP contribution in [-0.2, 0) is 0 Å². The average Bonchev–Trinajstić information content (AvgIpc) is 2.10. The first-order chi connectivity index (χ1) is 6.54. The predicted octanol–water partition coefficient (Wildman–Crippen LogP) is 0.483. The van der Waals surface area contributed by atoms with Crippen LogP contribution in [0.2, 0.25) is 0 Å². The highest BCUT2D eigenvalue weighted by Gasteiger charge is 2.20. The fourth-order valence-electron chi connectivity index (χ4n) is 1.12. The molecule has 0 saturated heterocycles. The van der Waals surface area contributed by atoms with Crippen LogP contribution in [0.1, 0.15) is 26.7 Å². The fraction of sp³-hybridized carbons (Fsp3) is 0.750. The first-order valence-corrected chi connectivity index (χ1v) is 4.68. The summed E-state index contributed by atoms with van der Waals surface area (Å²) in [5.74, 6) is 0. The van der Waals surface area contributed by atoms with Gasteiger partial charge in [-0.2, -0.15) is 0 Å². The number of nitrogens with two attached hydrogens (primary N) is 2. The summed E-state index contributed by atoms with van der Waals surface area (Å²) in [4.78, 5) is 22.0. The lowest BCUT2D eigenvalue weighted by Gasteiger charge is -2.31. The van der Waals surface area contributed by atoms with Gasteiger partial charge in [0.2, 0.25) is 0 Å². The monoisotopic (exact) mass is 202 g/mol. The normalized spacial score (nSPS) is 9.57. The van der Waals surface area contributed by atoms with Gasteiger partial charge in [0.05, 0.1) is 0 Å². The first-order valence-electron chi connectivity index (χ1n) is 4.68. The summed E-state index contributed by atoms with van der Waals surface area (Å²) in [5.41, 5.74) is 10.3. The second-order valence-electron chi connectivity index (χ2n) is 2.92. The minimum atomic E-state index is -0.654. The number of carbonyl (C=O) groups is 2. The largest absolute Gasteiger partial charge is 0.350 e. The van der Waals surface area contributed by atoms with E-state index in [1.165, 1.54) is 10.0 Å². The van der Waals surface area contributed by atoms with Gasteiger partial charge in [-0.25, -0.2) is 19.6 Å². The molecule has 0 aromatic heterocycles. The van der Waals surface area contributed by atoms with E-state index in [0.29, 0.717) is 13.1 Å². The molecule has 0 saturated carbocycles. The van der Waals surface area contributed by atoms with Gasteiger partial charge in [0.1, 0.15) is 0 Å². The molecule has 0 rings (SSSR count). The van der Waals surface area contributed by atoms with E-state index in [2.05, 4.69) is 0 Å². The summed E-state index contributed by atoms with van der Waals surface area (Å²) in [5, 5.41) is 2.34. The number of hydrogen-bond acceptors (Lipinski definition) is 2. The third kappa shape index (κ3) is 3.51. The van der Waals surface area contributed by atoms with Crippen molar-refractivity contribution in [2.24, 2.45) is 11.5 Å². The molecule has 0 unspecified atom stereocenters. The molecule has 0 aliphatic carbocycles. The fourth-order valence-corrected chi connectivity index (χ4v) is 1.12. The van der Waals surface area contributed by atoms with Gasteiger partial charge in [-0.1, -0.05) is 13.8 Å². The minimum absolute atomic E-state index is 0.401. The molecular formula is C8H18N4O2. The smallest absolute Gasteiger partial charge is 0.333 e. The maximum atomic E-state index is 11.0. The third-order valence-corrected chi connectivity index (χ3v) is 1.67. The molecule has 0 heterocycles. The molecule has 0 radical (unpaired) electrons. The van der Waals surface area contributed by atoms with E-state index in [0.717, 1.165) is 12.8 Å². The van der Waals surface area contributed by atoms with Gasteiger partial charge >= 0.3 is 12.1 Å². The highest BCUT2D eigenvalue weighted by Crippen LogP contribution is 2.00. The van der Waals surface area contributed by atoms with Crippen LogP contribution in [0.5, 0.6) is 0 Å². The molecule has 0 aromatic carbocycles. The number of hydrazine groups is 1. The summed E-state index contributed by atoms with van der Waals surface area (Å²) in [7, 11) is 0. The Labute approximate surface area is 83.8 Å². The van der Waals surface area contributed by atoms with E-state index >= 15 is 0 Å². The molecule has 6 heteroatoms. The number of nitrogens with zero attached hydrogens (tertiary/aromatic N) is 2. The Morgan fingerprint density at radius 1 is 0.929 bits per heavy atom. The molecule has 0 aromatic rings. The van der Waals surface area contributed by atoms with Crippen LogP contribution in [0.4, 0.5) is 9.59 Å². The van der Waals surface area contributed by atoms with E-state index in [9.17, 15) is 9.59 Å². The van der Waals surface area contributed by atoms with Crippen LogP contribution < -0.4 is 11.5 Å². The van der Waals surface area contributed by atoms with E-state index in [1.807, 2.05) is 13.8 Å². The van der Waals surface area contributed by atoms with Crippen LogP contribution in [0.15, 0.2) is 0 Å². The van der Waals surface area contributed by atoms with E-state index in [-0.39, 0.29) is 0 Å². The Hall–Kier alpha value is -1.46. The molecule has 6 nitrogen and oxygen atoms in total. The van der Waals surface area contributed by atoms with Crippen molar-refractivity contribution >= 4 is 12.1 Å². The number of urea groups is 2. The van der Waals surface area contributed by atoms with Gasteiger partial charge in [-0.15, -0.1) is 0 Å². The van der Waals surface area contributed by atoms with Gasteiger partial charge in [0, 0.05) is 13.1 Å². The maximum absolute atomic E-state index is 11.0. The standard InChI is InChI=1S/C8H18N4O2/c1-3-5-11(7(9)13)12(6-4-2)8(10)14/h3-6H2,1-2H3,(H2,9,13)(H2,10,14).